The molecule has 2 aromatic carbocycles. The SMILES string of the molecule is O=C(Nc1ccc(Oc2ccc(CO)cc2)cc1)c1cncc2c1CCC2. The molecule has 1 aromatic heterocycles. The number of amides is 1. The van der Waals surface area contributed by atoms with Crippen LogP contribution < -0.4 is 10.1 Å². The molecule has 3 aromatic rings. The second kappa shape index (κ2) is 7.60. The van der Waals surface area contributed by atoms with E-state index in [9.17, 15) is 4.79 Å². The number of fused-ring (bicyclic) bond motifs is 1. The molecule has 136 valence electrons. The average molecular weight is 360 g/mol. The van der Waals surface area contributed by atoms with Crippen LogP contribution in [0.4, 0.5) is 5.69 Å². The summed E-state index contributed by atoms with van der Waals surface area (Å²) in [5, 5.41) is 12.0. The van der Waals surface area contributed by atoms with Gasteiger partial charge in [0, 0.05) is 18.1 Å². The molecule has 0 saturated heterocycles. The lowest BCUT2D eigenvalue weighted by Gasteiger charge is -2.10. The number of hydrogen-bond acceptors (Lipinski definition) is 4. The number of rotatable bonds is 5. The molecule has 1 aliphatic rings. The van der Waals surface area contributed by atoms with E-state index < -0.39 is 0 Å². The molecular weight excluding hydrogens is 340 g/mol. The predicted molar refractivity (Wildman–Crippen MR) is 103 cm³/mol. The number of carbonyl (C=O) groups excluding carboxylic acids is 1. The van der Waals surface area contributed by atoms with Crippen LogP contribution >= 0.6 is 0 Å². The van der Waals surface area contributed by atoms with Crippen molar-refractivity contribution in [3.8, 4) is 11.5 Å². The molecule has 0 unspecified atom stereocenters. The van der Waals surface area contributed by atoms with Gasteiger partial charge in [-0.3, -0.25) is 9.78 Å². The minimum atomic E-state index is -0.130. The molecule has 5 nitrogen and oxygen atoms in total. The van der Waals surface area contributed by atoms with Crippen molar-refractivity contribution in [1.82, 2.24) is 4.98 Å². The number of nitrogens with one attached hydrogen (secondary N) is 1. The smallest absolute Gasteiger partial charge is 0.257 e. The Morgan fingerprint density at radius 3 is 2.41 bits per heavy atom. The third kappa shape index (κ3) is 3.83. The molecule has 4 rings (SSSR count). The highest BCUT2D eigenvalue weighted by atomic mass is 16.5. The van der Waals surface area contributed by atoms with Gasteiger partial charge in [-0.15, -0.1) is 0 Å². The Hall–Kier alpha value is -3.18. The second-order valence-electron chi connectivity index (χ2n) is 6.56. The number of aromatic nitrogens is 1. The van der Waals surface area contributed by atoms with Crippen molar-refractivity contribution in [1.29, 1.82) is 0 Å². The maximum Gasteiger partial charge on any atom is 0.257 e. The van der Waals surface area contributed by atoms with Gasteiger partial charge < -0.3 is 15.2 Å². The third-order valence-corrected chi connectivity index (χ3v) is 4.72. The summed E-state index contributed by atoms with van der Waals surface area (Å²) >= 11 is 0. The van der Waals surface area contributed by atoms with Gasteiger partial charge in [0.1, 0.15) is 11.5 Å². The van der Waals surface area contributed by atoms with Crippen LogP contribution in [0.5, 0.6) is 11.5 Å². The molecule has 1 heterocycles. The molecule has 0 atom stereocenters. The van der Waals surface area contributed by atoms with Crippen molar-refractivity contribution >= 4 is 11.6 Å². The van der Waals surface area contributed by atoms with E-state index in [1.165, 1.54) is 5.56 Å². The fraction of sp³-hybridized carbons (Fsp3) is 0.182. The zero-order chi connectivity index (χ0) is 18.6. The first kappa shape index (κ1) is 17.2. The number of aliphatic hydroxyl groups excluding tert-OH is 1. The van der Waals surface area contributed by atoms with Crippen molar-refractivity contribution in [2.75, 3.05) is 5.32 Å². The van der Waals surface area contributed by atoms with Crippen LogP contribution in [0, 0.1) is 0 Å². The Labute approximate surface area is 157 Å². The summed E-state index contributed by atoms with van der Waals surface area (Å²) in [5.74, 6) is 1.23. The van der Waals surface area contributed by atoms with Crippen molar-refractivity contribution in [3.63, 3.8) is 0 Å². The van der Waals surface area contributed by atoms with E-state index in [0.717, 1.165) is 30.4 Å². The van der Waals surface area contributed by atoms with Crippen molar-refractivity contribution < 1.29 is 14.6 Å². The van der Waals surface area contributed by atoms with Gasteiger partial charge in [-0.1, -0.05) is 12.1 Å². The predicted octanol–water partition coefficient (Wildman–Crippen LogP) is 4.11. The fourth-order valence-electron chi connectivity index (χ4n) is 3.30. The van der Waals surface area contributed by atoms with Crippen LogP contribution in [0.2, 0.25) is 0 Å². The lowest BCUT2D eigenvalue weighted by Crippen LogP contribution is -2.14. The van der Waals surface area contributed by atoms with Gasteiger partial charge in [0.2, 0.25) is 0 Å². The van der Waals surface area contributed by atoms with Crippen LogP contribution in [0.15, 0.2) is 60.9 Å². The number of aliphatic hydroxyl groups is 1. The van der Waals surface area contributed by atoms with E-state index in [0.29, 0.717) is 22.7 Å². The fourth-order valence-corrected chi connectivity index (χ4v) is 3.30. The van der Waals surface area contributed by atoms with Crippen LogP contribution in [-0.2, 0) is 19.4 Å². The van der Waals surface area contributed by atoms with Gasteiger partial charge in [0.15, 0.2) is 0 Å². The molecule has 0 fully saturated rings. The Kier molecular flexibility index (Phi) is 4.85. The molecule has 27 heavy (non-hydrogen) atoms. The number of anilines is 1. The van der Waals surface area contributed by atoms with Crippen molar-refractivity contribution in [2.45, 2.75) is 25.9 Å². The Bertz CT molecular complexity index is 950. The maximum absolute atomic E-state index is 12.6. The van der Waals surface area contributed by atoms with E-state index in [1.54, 1.807) is 6.20 Å². The van der Waals surface area contributed by atoms with Crippen LogP contribution in [0.1, 0.15) is 33.5 Å². The minimum absolute atomic E-state index is 0.00875. The van der Waals surface area contributed by atoms with Crippen molar-refractivity contribution in [2.24, 2.45) is 0 Å². The summed E-state index contributed by atoms with van der Waals surface area (Å²) in [6, 6.07) is 14.5. The lowest BCUT2D eigenvalue weighted by atomic mass is 10.1. The molecule has 0 aliphatic heterocycles. The molecular formula is C22H20N2O3. The van der Waals surface area contributed by atoms with E-state index in [4.69, 9.17) is 9.84 Å². The summed E-state index contributed by atoms with van der Waals surface area (Å²) in [4.78, 5) is 16.8. The number of hydrogen-bond donors (Lipinski definition) is 2. The third-order valence-electron chi connectivity index (χ3n) is 4.72. The highest BCUT2D eigenvalue weighted by molar-refractivity contribution is 6.05. The topological polar surface area (TPSA) is 71.5 Å². The molecule has 1 amide bonds. The number of nitrogens with zero attached hydrogens (tertiary/aromatic N) is 1. The summed E-state index contributed by atoms with van der Waals surface area (Å²) in [5.41, 5.74) is 4.50. The van der Waals surface area contributed by atoms with Crippen LogP contribution in [0.3, 0.4) is 0 Å². The van der Waals surface area contributed by atoms with Gasteiger partial charge in [-0.25, -0.2) is 0 Å². The standard InChI is InChI=1S/C22H20N2O3/c25-14-15-4-8-18(9-5-15)27-19-10-6-17(7-11-19)24-22(26)21-13-23-12-16-2-1-3-20(16)21/h4-13,25H,1-3,14H2,(H,24,26). The molecule has 0 saturated carbocycles. The first-order valence-corrected chi connectivity index (χ1v) is 8.98. The maximum atomic E-state index is 12.6. The molecule has 0 spiro atoms. The number of carbonyl (C=O) groups is 1. The van der Waals surface area contributed by atoms with Gasteiger partial charge >= 0.3 is 0 Å². The minimum Gasteiger partial charge on any atom is -0.457 e. The highest BCUT2D eigenvalue weighted by Crippen LogP contribution is 2.26. The average Bonchev–Trinajstić information content (AvgIpc) is 3.19. The lowest BCUT2D eigenvalue weighted by molar-refractivity contribution is 0.102. The van der Waals surface area contributed by atoms with Crippen LogP contribution in [0.25, 0.3) is 0 Å². The molecule has 0 radical (unpaired) electrons. The van der Waals surface area contributed by atoms with Gasteiger partial charge in [0.25, 0.3) is 5.91 Å². The normalized spacial score (nSPS) is 12.5. The van der Waals surface area contributed by atoms with E-state index >= 15 is 0 Å². The zero-order valence-electron chi connectivity index (χ0n) is 14.8. The van der Waals surface area contributed by atoms with E-state index in [2.05, 4.69) is 10.3 Å². The Morgan fingerprint density at radius 1 is 1.00 bits per heavy atom. The zero-order valence-corrected chi connectivity index (χ0v) is 14.8. The summed E-state index contributed by atoms with van der Waals surface area (Å²) < 4.78 is 5.78. The first-order valence-electron chi connectivity index (χ1n) is 8.98. The van der Waals surface area contributed by atoms with Gasteiger partial charge in [-0.2, -0.15) is 0 Å². The highest BCUT2D eigenvalue weighted by Gasteiger charge is 2.19. The number of ether oxygens (including phenoxy) is 1. The quantitative estimate of drug-likeness (QED) is 0.718. The largest absolute Gasteiger partial charge is 0.457 e. The van der Waals surface area contributed by atoms with E-state index in [-0.39, 0.29) is 12.5 Å². The Morgan fingerprint density at radius 2 is 1.70 bits per heavy atom. The van der Waals surface area contributed by atoms with Crippen molar-refractivity contribution in [3.05, 3.63) is 83.2 Å². The second-order valence-corrected chi connectivity index (χ2v) is 6.56. The number of benzene rings is 2. The monoisotopic (exact) mass is 360 g/mol. The first-order chi connectivity index (χ1) is 13.2. The summed E-state index contributed by atoms with van der Waals surface area (Å²) in [7, 11) is 0. The molecule has 1 aliphatic carbocycles. The molecule has 5 heteroatoms. The number of aryl methyl sites for hydroxylation is 1. The molecule has 2 N–H and O–H groups in total. The summed E-state index contributed by atoms with van der Waals surface area (Å²) in [6.45, 7) is 0.00875. The van der Waals surface area contributed by atoms with E-state index in [1.807, 2.05) is 54.7 Å². The van der Waals surface area contributed by atoms with Crippen LogP contribution in [-0.4, -0.2) is 16.0 Å². The van der Waals surface area contributed by atoms with Gasteiger partial charge in [-0.05, 0) is 72.4 Å². The van der Waals surface area contributed by atoms with Gasteiger partial charge in [0.05, 0.1) is 12.2 Å². The number of pyridine rings is 1. The Balaban J connectivity index is 1.43. The summed E-state index contributed by atoms with van der Waals surface area (Å²) in [6.07, 6.45) is 6.51. The molecule has 0 bridgehead atoms.